The Morgan fingerprint density at radius 3 is 2.96 bits per heavy atom. The quantitative estimate of drug-likeness (QED) is 0.774. The number of hydrogen-bond donors (Lipinski definition) is 1. The first-order valence-electron chi connectivity index (χ1n) is 8.79. The van der Waals surface area contributed by atoms with Crippen molar-refractivity contribution in [1.29, 1.82) is 0 Å². The van der Waals surface area contributed by atoms with Crippen LogP contribution in [0.25, 0.3) is 11.3 Å². The van der Waals surface area contributed by atoms with Crippen molar-refractivity contribution in [3.8, 4) is 11.3 Å². The maximum absolute atomic E-state index is 5.28. The minimum Gasteiger partial charge on any atom is -0.361 e. The molecule has 0 bridgehead atoms. The minimum atomic E-state index is 0.648. The standard InChI is InChI=1S/C19H23N5O/c1-13-19(14(2)25-23-13)18-5-3-4-16(21-18)10-15-7-9-24(11-15)12-17-6-8-20-22-17/h3-6,8,15H,7,9-12H2,1-2H3,(H,20,22). The lowest BCUT2D eigenvalue weighted by Crippen LogP contribution is -2.21. The van der Waals surface area contributed by atoms with Crippen LogP contribution < -0.4 is 0 Å². The van der Waals surface area contributed by atoms with Gasteiger partial charge in [-0.2, -0.15) is 5.10 Å². The summed E-state index contributed by atoms with van der Waals surface area (Å²) in [5, 5.41) is 11.1. The number of aromatic amines is 1. The van der Waals surface area contributed by atoms with Crippen LogP contribution in [0.1, 0.15) is 29.3 Å². The molecule has 0 spiro atoms. The normalized spacial score (nSPS) is 18.1. The SMILES string of the molecule is Cc1noc(C)c1-c1cccc(CC2CCN(Cc3ccn[nH]3)C2)n1. The first-order chi connectivity index (χ1) is 12.2. The molecule has 0 aromatic carbocycles. The van der Waals surface area contributed by atoms with Crippen LogP contribution >= 0.6 is 0 Å². The maximum Gasteiger partial charge on any atom is 0.143 e. The lowest BCUT2D eigenvalue weighted by molar-refractivity contribution is 0.312. The second-order valence-corrected chi connectivity index (χ2v) is 6.89. The fourth-order valence-electron chi connectivity index (χ4n) is 3.71. The number of pyridine rings is 1. The van der Waals surface area contributed by atoms with Gasteiger partial charge in [0.25, 0.3) is 0 Å². The molecule has 1 saturated heterocycles. The molecular weight excluding hydrogens is 314 g/mol. The molecule has 1 aliphatic heterocycles. The van der Waals surface area contributed by atoms with E-state index in [-0.39, 0.29) is 0 Å². The number of hydrogen-bond acceptors (Lipinski definition) is 5. The molecule has 1 aliphatic rings. The number of nitrogens with one attached hydrogen (secondary N) is 1. The molecule has 0 radical (unpaired) electrons. The summed E-state index contributed by atoms with van der Waals surface area (Å²) in [5.41, 5.74) is 5.20. The third kappa shape index (κ3) is 3.49. The highest BCUT2D eigenvalue weighted by Gasteiger charge is 2.23. The molecule has 1 unspecified atom stereocenters. The van der Waals surface area contributed by atoms with Gasteiger partial charge in [-0.3, -0.25) is 15.0 Å². The van der Waals surface area contributed by atoms with Crippen molar-refractivity contribution in [2.75, 3.05) is 13.1 Å². The Labute approximate surface area is 147 Å². The molecule has 4 rings (SSSR count). The van der Waals surface area contributed by atoms with E-state index in [1.165, 1.54) is 12.1 Å². The zero-order valence-electron chi connectivity index (χ0n) is 14.7. The summed E-state index contributed by atoms with van der Waals surface area (Å²) in [6.07, 6.45) is 4.04. The van der Waals surface area contributed by atoms with Crippen LogP contribution in [0.2, 0.25) is 0 Å². The summed E-state index contributed by atoms with van der Waals surface area (Å²) in [6.45, 7) is 7.09. The summed E-state index contributed by atoms with van der Waals surface area (Å²) in [5.74, 6) is 1.48. The van der Waals surface area contributed by atoms with E-state index in [0.29, 0.717) is 5.92 Å². The van der Waals surface area contributed by atoms with E-state index in [2.05, 4.69) is 32.4 Å². The van der Waals surface area contributed by atoms with Crippen LogP contribution in [-0.4, -0.2) is 38.3 Å². The second kappa shape index (κ2) is 6.80. The number of H-pyrrole nitrogens is 1. The van der Waals surface area contributed by atoms with Gasteiger partial charge in [0, 0.05) is 30.7 Å². The van der Waals surface area contributed by atoms with E-state index in [1.54, 1.807) is 0 Å². The van der Waals surface area contributed by atoms with Gasteiger partial charge in [0.2, 0.25) is 0 Å². The lowest BCUT2D eigenvalue weighted by atomic mass is 10.0. The fourth-order valence-corrected chi connectivity index (χ4v) is 3.71. The maximum atomic E-state index is 5.28. The molecule has 1 fully saturated rings. The summed E-state index contributed by atoms with van der Waals surface area (Å²) < 4.78 is 5.28. The van der Waals surface area contributed by atoms with Crippen molar-refractivity contribution in [3.63, 3.8) is 0 Å². The fraction of sp³-hybridized carbons (Fsp3) is 0.421. The number of nitrogens with zero attached hydrogens (tertiary/aromatic N) is 4. The Morgan fingerprint density at radius 2 is 2.20 bits per heavy atom. The summed E-state index contributed by atoms with van der Waals surface area (Å²) in [7, 11) is 0. The summed E-state index contributed by atoms with van der Waals surface area (Å²) in [4.78, 5) is 7.35. The average molecular weight is 337 g/mol. The zero-order chi connectivity index (χ0) is 17.2. The molecule has 0 amide bonds. The van der Waals surface area contributed by atoms with Gasteiger partial charge in [-0.25, -0.2) is 0 Å². The molecule has 25 heavy (non-hydrogen) atoms. The molecule has 1 N–H and O–H groups in total. The molecule has 4 heterocycles. The van der Waals surface area contributed by atoms with E-state index >= 15 is 0 Å². The Balaban J connectivity index is 1.43. The number of aromatic nitrogens is 4. The number of rotatable bonds is 5. The molecule has 1 atom stereocenters. The van der Waals surface area contributed by atoms with Crippen molar-refractivity contribution in [1.82, 2.24) is 25.2 Å². The van der Waals surface area contributed by atoms with Gasteiger partial charge < -0.3 is 4.52 Å². The smallest absolute Gasteiger partial charge is 0.143 e. The van der Waals surface area contributed by atoms with Crippen molar-refractivity contribution in [2.24, 2.45) is 5.92 Å². The zero-order valence-corrected chi connectivity index (χ0v) is 14.7. The largest absolute Gasteiger partial charge is 0.361 e. The van der Waals surface area contributed by atoms with Gasteiger partial charge in [-0.15, -0.1) is 0 Å². The third-order valence-corrected chi connectivity index (χ3v) is 4.92. The first kappa shape index (κ1) is 16.0. The highest BCUT2D eigenvalue weighted by Crippen LogP contribution is 2.27. The molecule has 3 aromatic heterocycles. The molecule has 130 valence electrons. The van der Waals surface area contributed by atoms with E-state index in [4.69, 9.17) is 9.51 Å². The Kier molecular flexibility index (Phi) is 4.36. The Hall–Kier alpha value is -2.47. The van der Waals surface area contributed by atoms with Gasteiger partial charge in [-0.1, -0.05) is 11.2 Å². The van der Waals surface area contributed by atoms with Crippen LogP contribution in [-0.2, 0) is 13.0 Å². The van der Waals surface area contributed by atoms with E-state index in [0.717, 1.165) is 54.5 Å². The van der Waals surface area contributed by atoms with Crippen molar-refractivity contribution >= 4 is 0 Å². The third-order valence-electron chi connectivity index (χ3n) is 4.92. The van der Waals surface area contributed by atoms with Crippen LogP contribution in [0, 0.1) is 19.8 Å². The molecule has 6 heteroatoms. The predicted molar refractivity (Wildman–Crippen MR) is 94.9 cm³/mol. The van der Waals surface area contributed by atoms with Crippen LogP contribution in [0.3, 0.4) is 0 Å². The van der Waals surface area contributed by atoms with Gasteiger partial charge in [0.05, 0.1) is 17.0 Å². The molecule has 0 saturated carbocycles. The predicted octanol–water partition coefficient (Wildman–Crippen LogP) is 3.14. The van der Waals surface area contributed by atoms with Gasteiger partial charge in [0.15, 0.2) is 0 Å². The second-order valence-electron chi connectivity index (χ2n) is 6.89. The molecular formula is C19H23N5O. The number of likely N-dealkylation sites (tertiary alicyclic amines) is 1. The average Bonchev–Trinajstić information content (AvgIpc) is 3.32. The molecule has 6 nitrogen and oxygen atoms in total. The first-order valence-corrected chi connectivity index (χ1v) is 8.79. The van der Waals surface area contributed by atoms with Crippen molar-refractivity contribution in [3.05, 3.63) is 53.3 Å². The monoisotopic (exact) mass is 337 g/mol. The Morgan fingerprint density at radius 1 is 1.28 bits per heavy atom. The number of aryl methyl sites for hydroxylation is 2. The van der Waals surface area contributed by atoms with Gasteiger partial charge in [0.1, 0.15) is 5.76 Å². The topological polar surface area (TPSA) is 70.8 Å². The summed E-state index contributed by atoms with van der Waals surface area (Å²) >= 11 is 0. The Bertz CT molecular complexity index is 820. The summed E-state index contributed by atoms with van der Waals surface area (Å²) in [6, 6.07) is 8.29. The highest BCUT2D eigenvalue weighted by atomic mass is 16.5. The van der Waals surface area contributed by atoms with Crippen LogP contribution in [0.4, 0.5) is 0 Å². The van der Waals surface area contributed by atoms with E-state index < -0.39 is 0 Å². The minimum absolute atomic E-state index is 0.648. The highest BCUT2D eigenvalue weighted by molar-refractivity contribution is 5.63. The van der Waals surface area contributed by atoms with Crippen LogP contribution in [0.15, 0.2) is 35.0 Å². The van der Waals surface area contributed by atoms with Crippen molar-refractivity contribution in [2.45, 2.75) is 33.2 Å². The van der Waals surface area contributed by atoms with Gasteiger partial charge in [-0.05, 0) is 57.4 Å². The van der Waals surface area contributed by atoms with Crippen LogP contribution in [0.5, 0.6) is 0 Å². The van der Waals surface area contributed by atoms with E-state index in [9.17, 15) is 0 Å². The lowest BCUT2D eigenvalue weighted by Gasteiger charge is -2.15. The van der Waals surface area contributed by atoms with E-state index in [1.807, 2.05) is 32.2 Å². The molecule has 0 aliphatic carbocycles. The van der Waals surface area contributed by atoms with Gasteiger partial charge >= 0.3 is 0 Å². The molecule has 3 aromatic rings. The van der Waals surface area contributed by atoms with Crippen molar-refractivity contribution < 1.29 is 4.52 Å².